The van der Waals surface area contributed by atoms with Gasteiger partial charge in [0.2, 0.25) is 0 Å². The fourth-order valence-corrected chi connectivity index (χ4v) is 12.4. The fraction of sp³-hybridized carbons (Fsp3) is 0.508. The monoisotopic (exact) mass is 1140 g/mol. The van der Waals surface area contributed by atoms with Crippen LogP contribution in [0.15, 0.2) is 61.1 Å². The maximum Gasteiger partial charge on any atom is 0.307 e. The van der Waals surface area contributed by atoms with E-state index in [1.165, 1.54) is 29.8 Å². The number of aliphatic carboxylic acids is 1. The Kier molecular flexibility index (Phi) is 21.1. The minimum absolute atomic E-state index is 0.0371. The van der Waals surface area contributed by atoms with E-state index < -0.39 is 18.0 Å². The molecule has 2 fully saturated rings. The third-order valence-corrected chi connectivity index (χ3v) is 17.1. The first-order chi connectivity index (χ1) is 38.4. The number of carboxylic acid groups (broad SMARTS) is 1. The Balaban J connectivity index is 0.978. The second kappa shape index (κ2) is 28.5. The molecule has 0 radical (unpaired) electrons. The van der Waals surface area contributed by atoms with Crippen LogP contribution in [0.1, 0.15) is 65.5 Å². The first kappa shape index (κ1) is 58.5. The lowest BCUT2D eigenvalue weighted by molar-refractivity contribution is -0.141. The number of piperazine rings is 1. The number of thiophene rings is 1. The van der Waals surface area contributed by atoms with E-state index in [4.69, 9.17) is 81.0 Å². The molecule has 1 N–H and O–H groups in total. The van der Waals surface area contributed by atoms with Gasteiger partial charge in [0.25, 0.3) is 0 Å². The summed E-state index contributed by atoms with van der Waals surface area (Å²) in [7, 11) is 3.76. The molecule has 16 nitrogen and oxygen atoms in total. The zero-order valence-electron chi connectivity index (χ0n) is 45.5. The predicted molar refractivity (Wildman–Crippen MR) is 303 cm³/mol. The molecule has 79 heavy (non-hydrogen) atoms. The summed E-state index contributed by atoms with van der Waals surface area (Å²) < 4.78 is 62.5. The molecule has 1 saturated carbocycles. The second-order valence-electron chi connectivity index (χ2n) is 20.5. The molecule has 3 aliphatic heterocycles. The average molecular weight is 1150 g/mol. The Morgan fingerprint density at radius 3 is 2.24 bits per heavy atom. The number of hydrogen-bond donors (Lipinski definition) is 1. The summed E-state index contributed by atoms with van der Waals surface area (Å²) in [6.07, 6.45) is 7.00. The van der Waals surface area contributed by atoms with Crippen molar-refractivity contribution in [2.75, 3.05) is 113 Å². The van der Waals surface area contributed by atoms with E-state index in [1.807, 2.05) is 38.1 Å². The fourth-order valence-electron chi connectivity index (χ4n) is 10.7. The number of benzene rings is 3. The van der Waals surface area contributed by atoms with Gasteiger partial charge >= 0.3 is 5.97 Å². The summed E-state index contributed by atoms with van der Waals surface area (Å²) in [6, 6.07) is 13.7. The van der Waals surface area contributed by atoms with Crippen LogP contribution < -0.4 is 14.2 Å². The maximum absolute atomic E-state index is 14.5. The SMILES string of the molecule is COCCOCCOCCOCCOC[C@@H]1CCCC[C@H]1c1nccc(COc2ccc3cc2C[C@H](C(=O)O)Cc2ncnc4sc(-c5ccc(F)cc5)c(c24)-c2c(C)c(Cl)c(c(Cl)c2C)O[C@H](CN2CCN(C)CC2)CO3)n1. The average Bonchev–Trinajstić information content (AvgIpc) is 4.11. The van der Waals surface area contributed by atoms with Crippen molar-refractivity contribution in [1.29, 1.82) is 0 Å². The third kappa shape index (κ3) is 15.1. The third-order valence-electron chi connectivity index (χ3n) is 15.0. The van der Waals surface area contributed by atoms with Crippen LogP contribution in [-0.2, 0) is 47.9 Å². The number of nitrogens with zero attached hydrogens (tertiary/aromatic N) is 6. The molecule has 3 aromatic carbocycles. The lowest BCUT2D eigenvalue weighted by atomic mass is 9.79. The highest BCUT2D eigenvalue weighted by molar-refractivity contribution is 7.22. The van der Waals surface area contributed by atoms with Gasteiger partial charge in [-0.3, -0.25) is 9.69 Å². The number of halogens is 3. The first-order valence-electron chi connectivity index (χ1n) is 27.3. The van der Waals surface area contributed by atoms with Crippen molar-refractivity contribution in [2.24, 2.45) is 11.8 Å². The van der Waals surface area contributed by atoms with E-state index in [0.717, 1.165) is 79.3 Å². The minimum atomic E-state index is -1.01. The molecule has 20 heteroatoms. The van der Waals surface area contributed by atoms with Gasteiger partial charge in [-0.15, -0.1) is 11.3 Å². The van der Waals surface area contributed by atoms with Crippen LogP contribution in [0.2, 0.25) is 10.0 Å². The van der Waals surface area contributed by atoms with E-state index in [0.29, 0.717) is 132 Å². The Morgan fingerprint density at radius 2 is 1.53 bits per heavy atom. The van der Waals surface area contributed by atoms with Crippen LogP contribution in [0.25, 0.3) is 31.8 Å². The van der Waals surface area contributed by atoms with Crippen LogP contribution in [0, 0.1) is 31.5 Å². The zero-order valence-corrected chi connectivity index (χ0v) is 47.8. The molecular formula is C59H71Cl2FN6O10S. The Morgan fingerprint density at radius 1 is 0.835 bits per heavy atom. The van der Waals surface area contributed by atoms with Gasteiger partial charge in [0.05, 0.1) is 86.8 Å². The summed E-state index contributed by atoms with van der Waals surface area (Å²) >= 11 is 16.2. The highest BCUT2D eigenvalue weighted by Crippen LogP contribution is 2.52. The molecule has 1 saturated heterocycles. The summed E-state index contributed by atoms with van der Waals surface area (Å²) in [5.41, 5.74) is 5.50. The van der Waals surface area contributed by atoms with Gasteiger partial charge in [-0.25, -0.2) is 24.3 Å². The highest BCUT2D eigenvalue weighted by atomic mass is 35.5. The number of carboxylic acids is 1. The Labute approximate surface area is 475 Å². The van der Waals surface area contributed by atoms with E-state index in [1.54, 1.807) is 25.4 Å². The molecule has 4 aliphatic rings. The molecule has 424 valence electrons. The van der Waals surface area contributed by atoms with Crippen LogP contribution in [-0.4, -0.2) is 160 Å². The summed E-state index contributed by atoms with van der Waals surface area (Å²) in [4.78, 5) is 39.1. The zero-order chi connectivity index (χ0) is 55.3. The summed E-state index contributed by atoms with van der Waals surface area (Å²) in [6.45, 7) is 12.8. The van der Waals surface area contributed by atoms with Crippen LogP contribution in [0.4, 0.5) is 4.39 Å². The molecule has 0 amide bonds. The Bertz CT molecular complexity index is 2960. The number of fused-ring (bicyclic) bond motifs is 7. The number of methoxy groups -OCH3 is 1. The maximum atomic E-state index is 14.5. The van der Waals surface area contributed by atoms with Crippen molar-refractivity contribution in [1.82, 2.24) is 29.7 Å². The Hall–Kier alpha value is -5.12. The largest absolute Gasteiger partial charge is 0.490 e. The van der Waals surface area contributed by atoms with Crippen molar-refractivity contribution in [3.63, 3.8) is 0 Å². The number of rotatable bonds is 22. The summed E-state index contributed by atoms with van der Waals surface area (Å²) in [5.74, 6) is 0.128. The van der Waals surface area contributed by atoms with E-state index in [9.17, 15) is 14.3 Å². The normalized spacial score (nSPS) is 19.3. The van der Waals surface area contributed by atoms with E-state index in [2.05, 4.69) is 16.8 Å². The smallest absolute Gasteiger partial charge is 0.307 e. The molecule has 0 spiro atoms. The lowest BCUT2D eigenvalue weighted by Crippen LogP contribution is -2.49. The molecule has 4 bridgehead atoms. The quantitative estimate of drug-likeness (QED) is 0.0637. The van der Waals surface area contributed by atoms with Crippen molar-refractivity contribution in [3.05, 3.63) is 111 Å². The minimum Gasteiger partial charge on any atom is -0.490 e. The van der Waals surface area contributed by atoms with Gasteiger partial charge in [-0.1, -0.05) is 48.2 Å². The lowest BCUT2D eigenvalue weighted by Gasteiger charge is -2.35. The molecular weight excluding hydrogens is 1070 g/mol. The van der Waals surface area contributed by atoms with Crippen LogP contribution in [0.3, 0.4) is 0 Å². The molecule has 6 heterocycles. The standard InChI is InChI=1S/C59H71Cl2FN6O10S/c1-37-50-38(2)54(61)55(53(37)60)78-46(32-68-19-17-67(3)18-20-68)35-76-45-13-14-49(41(30-45)29-42(59(69)70)31-48-51-52(50)56(79-58(51)65-36-64-48)39-9-11-43(62)12-10-39)77-34-44-15-16-63-57(66-44)47-8-6-5-7-40(47)33-75-28-27-74-26-25-73-24-23-72-22-21-71-4/h9-16,30,36,40,42,46-47H,5-8,17-29,31-35H2,1-4H3,(H,69,70)/t40-,42-,46+,47+/m0/s1. The second-order valence-corrected chi connectivity index (χ2v) is 22.3. The number of hydrogen-bond acceptors (Lipinski definition) is 16. The number of ether oxygens (including phenoxy) is 8. The van der Waals surface area contributed by atoms with E-state index in [-0.39, 0.29) is 43.7 Å². The number of likely N-dealkylation sites (N-methyl/N-ethyl adjacent to an activating group) is 1. The van der Waals surface area contributed by atoms with Gasteiger partial charge < -0.3 is 47.9 Å². The first-order valence-corrected chi connectivity index (χ1v) is 28.8. The molecule has 10 rings (SSSR count). The van der Waals surface area contributed by atoms with E-state index >= 15 is 0 Å². The van der Waals surface area contributed by atoms with Crippen molar-refractivity contribution < 1.29 is 52.2 Å². The van der Waals surface area contributed by atoms with Crippen LogP contribution in [0.5, 0.6) is 17.2 Å². The van der Waals surface area contributed by atoms with Crippen LogP contribution >= 0.6 is 34.5 Å². The van der Waals surface area contributed by atoms with Crippen molar-refractivity contribution in [2.45, 2.75) is 71.0 Å². The molecule has 6 aromatic rings. The van der Waals surface area contributed by atoms with Crippen molar-refractivity contribution in [3.8, 4) is 38.8 Å². The van der Waals surface area contributed by atoms with Gasteiger partial charge in [0.1, 0.15) is 53.6 Å². The number of aromatic nitrogens is 4. The van der Waals surface area contributed by atoms with Gasteiger partial charge in [0, 0.05) is 74.2 Å². The van der Waals surface area contributed by atoms with Gasteiger partial charge in [-0.2, -0.15) is 0 Å². The summed E-state index contributed by atoms with van der Waals surface area (Å²) in [5, 5.41) is 12.5. The highest BCUT2D eigenvalue weighted by Gasteiger charge is 2.33. The topological polar surface area (TPSA) is 169 Å². The molecule has 3 aromatic heterocycles. The van der Waals surface area contributed by atoms with Gasteiger partial charge in [0.15, 0.2) is 5.75 Å². The molecule has 0 unspecified atom stereocenters. The van der Waals surface area contributed by atoms with Gasteiger partial charge in [-0.05, 0) is 110 Å². The number of carbonyl (C=O) groups is 1. The molecule has 4 atom stereocenters. The predicted octanol–water partition coefficient (Wildman–Crippen LogP) is 10.3. The van der Waals surface area contributed by atoms with Crippen molar-refractivity contribution >= 4 is 50.7 Å². The molecule has 1 aliphatic carbocycles.